The molecule has 0 amide bonds. The lowest BCUT2D eigenvalue weighted by atomic mass is 10.1. The van der Waals surface area contributed by atoms with Gasteiger partial charge in [-0.3, -0.25) is 0 Å². The van der Waals surface area contributed by atoms with Crippen LogP contribution in [0.3, 0.4) is 0 Å². The van der Waals surface area contributed by atoms with Crippen LogP contribution in [0.25, 0.3) is 10.8 Å². The number of hydrogen-bond acceptors (Lipinski definition) is 3. The van der Waals surface area contributed by atoms with Crippen molar-refractivity contribution >= 4 is 20.8 Å². The van der Waals surface area contributed by atoms with Gasteiger partial charge >= 0.3 is 0 Å². The van der Waals surface area contributed by atoms with Gasteiger partial charge in [0.25, 0.3) is 0 Å². The minimum absolute atomic E-state index is 0.210. The highest BCUT2D eigenvalue weighted by Gasteiger charge is 2.16. The second-order valence-electron chi connectivity index (χ2n) is 4.43. The maximum absolute atomic E-state index is 12.4. The molecule has 0 saturated heterocycles. The van der Waals surface area contributed by atoms with Crippen molar-refractivity contribution in [2.75, 3.05) is 0 Å². The molecule has 0 bridgehead atoms. The van der Waals surface area contributed by atoms with Crippen molar-refractivity contribution in [3.63, 3.8) is 0 Å². The van der Waals surface area contributed by atoms with Crippen LogP contribution in [0.15, 0.2) is 70.4 Å². The van der Waals surface area contributed by atoms with E-state index in [2.05, 4.69) is 4.72 Å². The Balaban J connectivity index is 1.97. The zero-order valence-electron chi connectivity index (χ0n) is 10.6. The standard InChI is InChI=1S/C15H13NO3S/c17-20(18,16-10-12-8-9-19-11-12)15-7-3-5-13-4-1-2-6-14(13)15/h1-9,11,16H,10H2. The van der Waals surface area contributed by atoms with E-state index in [9.17, 15) is 8.42 Å². The minimum atomic E-state index is -3.55. The third-order valence-electron chi connectivity index (χ3n) is 3.09. The molecule has 2 aromatic carbocycles. The van der Waals surface area contributed by atoms with E-state index in [4.69, 9.17) is 4.42 Å². The highest BCUT2D eigenvalue weighted by atomic mass is 32.2. The smallest absolute Gasteiger partial charge is 0.241 e. The first-order chi connectivity index (χ1) is 9.67. The molecule has 0 spiro atoms. The Bertz CT molecular complexity index is 818. The van der Waals surface area contributed by atoms with Crippen molar-refractivity contribution < 1.29 is 12.8 Å². The van der Waals surface area contributed by atoms with E-state index in [1.165, 1.54) is 12.5 Å². The van der Waals surface area contributed by atoms with E-state index in [0.29, 0.717) is 4.90 Å². The van der Waals surface area contributed by atoms with Gasteiger partial charge in [0.2, 0.25) is 10.0 Å². The van der Waals surface area contributed by atoms with Crippen LogP contribution in [-0.2, 0) is 16.6 Å². The van der Waals surface area contributed by atoms with Gasteiger partial charge in [0.15, 0.2) is 0 Å². The normalized spacial score (nSPS) is 11.8. The van der Waals surface area contributed by atoms with Crippen LogP contribution in [0.2, 0.25) is 0 Å². The van der Waals surface area contributed by atoms with Crippen molar-refractivity contribution in [3.8, 4) is 0 Å². The fraction of sp³-hybridized carbons (Fsp3) is 0.0667. The van der Waals surface area contributed by atoms with Crippen LogP contribution in [0, 0.1) is 0 Å². The predicted octanol–water partition coefficient (Wildman–Crippen LogP) is 2.91. The first-order valence-electron chi connectivity index (χ1n) is 6.15. The molecule has 1 N–H and O–H groups in total. The maximum atomic E-state index is 12.4. The van der Waals surface area contributed by atoms with E-state index >= 15 is 0 Å². The van der Waals surface area contributed by atoms with E-state index in [1.807, 2.05) is 30.3 Å². The fourth-order valence-corrected chi connectivity index (χ4v) is 3.32. The highest BCUT2D eigenvalue weighted by molar-refractivity contribution is 7.89. The fourth-order valence-electron chi connectivity index (χ4n) is 2.08. The average molecular weight is 287 g/mol. The first-order valence-corrected chi connectivity index (χ1v) is 7.64. The summed E-state index contributed by atoms with van der Waals surface area (Å²) in [5.74, 6) is 0. The number of benzene rings is 2. The SMILES string of the molecule is O=S(=O)(NCc1ccoc1)c1cccc2ccccc12. The number of hydrogen-bond donors (Lipinski definition) is 1. The van der Waals surface area contributed by atoms with Crippen molar-refractivity contribution in [2.24, 2.45) is 0 Å². The van der Waals surface area contributed by atoms with Crippen LogP contribution >= 0.6 is 0 Å². The minimum Gasteiger partial charge on any atom is -0.472 e. The predicted molar refractivity (Wildman–Crippen MR) is 76.7 cm³/mol. The van der Waals surface area contributed by atoms with Gasteiger partial charge in [-0.15, -0.1) is 0 Å². The molecule has 3 aromatic rings. The molecule has 1 aromatic heterocycles. The lowest BCUT2D eigenvalue weighted by molar-refractivity contribution is 0.561. The van der Waals surface area contributed by atoms with Gasteiger partial charge in [-0.1, -0.05) is 36.4 Å². The quantitative estimate of drug-likeness (QED) is 0.802. The summed E-state index contributed by atoms with van der Waals surface area (Å²) in [7, 11) is -3.55. The van der Waals surface area contributed by atoms with Gasteiger partial charge in [-0.2, -0.15) is 0 Å². The Morgan fingerprint density at radius 2 is 1.80 bits per heavy atom. The first kappa shape index (κ1) is 12.9. The third kappa shape index (κ3) is 2.45. The molecule has 0 radical (unpaired) electrons. The molecule has 1 heterocycles. The average Bonchev–Trinajstić information content (AvgIpc) is 2.98. The number of fused-ring (bicyclic) bond motifs is 1. The molecule has 0 atom stereocenters. The lowest BCUT2D eigenvalue weighted by Gasteiger charge is -2.08. The van der Waals surface area contributed by atoms with Gasteiger partial charge in [0.1, 0.15) is 0 Å². The molecule has 0 aliphatic rings. The maximum Gasteiger partial charge on any atom is 0.241 e. The number of sulfonamides is 1. The molecule has 4 nitrogen and oxygen atoms in total. The molecule has 0 aliphatic carbocycles. The van der Waals surface area contributed by atoms with Crippen LogP contribution in [-0.4, -0.2) is 8.42 Å². The number of nitrogens with one attached hydrogen (secondary N) is 1. The molecule has 3 rings (SSSR count). The van der Waals surface area contributed by atoms with Crippen molar-refractivity contribution in [1.82, 2.24) is 4.72 Å². The van der Waals surface area contributed by atoms with Crippen LogP contribution in [0.4, 0.5) is 0 Å². The van der Waals surface area contributed by atoms with E-state index in [0.717, 1.165) is 16.3 Å². The molecular weight excluding hydrogens is 274 g/mol. The van der Waals surface area contributed by atoms with Gasteiger partial charge in [-0.05, 0) is 17.5 Å². The third-order valence-corrected chi connectivity index (χ3v) is 4.54. The Morgan fingerprint density at radius 1 is 1.00 bits per heavy atom. The zero-order valence-corrected chi connectivity index (χ0v) is 11.4. The lowest BCUT2D eigenvalue weighted by Crippen LogP contribution is -2.23. The summed E-state index contributed by atoms with van der Waals surface area (Å²) in [5.41, 5.74) is 0.786. The Kier molecular flexibility index (Phi) is 3.30. The van der Waals surface area contributed by atoms with Gasteiger partial charge in [0, 0.05) is 17.5 Å². The second-order valence-corrected chi connectivity index (χ2v) is 6.17. The number of furan rings is 1. The molecule has 102 valence electrons. The molecule has 0 aliphatic heterocycles. The summed E-state index contributed by atoms with van der Waals surface area (Å²) < 4.78 is 32.3. The van der Waals surface area contributed by atoms with Crippen molar-refractivity contribution in [1.29, 1.82) is 0 Å². The summed E-state index contributed by atoms with van der Waals surface area (Å²) in [4.78, 5) is 0.291. The Morgan fingerprint density at radius 3 is 2.60 bits per heavy atom. The molecule has 20 heavy (non-hydrogen) atoms. The van der Waals surface area contributed by atoms with Crippen LogP contribution in [0.1, 0.15) is 5.56 Å². The van der Waals surface area contributed by atoms with Gasteiger partial charge in [0.05, 0.1) is 17.4 Å². The number of rotatable bonds is 4. The van der Waals surface area contributed by atoms with Gasteiger partial charge < -0.3 is 4.42 Å². The molecule has 0 saturated carbocycles. The van der Waals surface area contributed by atoms with E-state index in [-0.39, 0.29) is 6.54 Å². The Labute approximate surface area is 117 Å². The zero-order chi connectivity index (χ0) is 14.0. The molecular formula is C15H13NO3S. The highest BCUT2D eigenvalue weighted by Crippen LogP contribution is 2.22. The Hall–Kier alpha value is -2.11. The van der Waals surface area contributed by atoms with Crippen molar-refractivity contribution in [2.45, 2.75) is 11.4 Å². The molecule has 0 fully saturated rings. The van der Waals surface area contributed by atoms with E-state index < -0.39 is 10.0 Å². The summed E-state index contributed by atoms with van der Waals surface area (Å²) >= 11 is 0. The summed E-state index contributed by atoms with van der Waals surface area (Å²) in [6, 6.07) is 14.4. The topological polar surface area (TPSA) is 59.3 Å². The van der Waals surface area contributed by atoms with Gasteiger partial charge in [-0.25, -0.2) is 13.1 Å². The van der Waals surface area contributed by atoms with Crippen molar-refractivity contribution in [3.05, 3.63) is 66.6 Å². The van der Waals surface area contributed by atoms with Crippen LogP contribution in [0.5, 0.6) is 0 Å². The second kappa shape index (κ2) is 5.11. The van der Waals surface area contributed by atoms with Crippen LogP contribution < -0.4 is 4.72 Å². The summed E-state index contributed by atoms with van der Waals surface area (Å²) in [5, 5.41) is 1.62. The summed E-state index contributed by atoms with van der Waals surface area (Å²) in [6.45, 7) is 0.210. The molecule has 5 heteroatoms. The largest absolute Gasteiger partial charge is 0.472 e. The monoisotopic (exact) mass is 287 g/mol. The summed E-state index contributed by atoms with van der Waals surface area (Å²) in [6.07, 6.45) is 3.03. The molecule has 0 unspecified atom stereocenters. The van der Waals surface area contributed by atoms with E-state index in [1.54, 1.807) is 18.2 Å².